The Labute approximate surface area is 233 Å². The molecule has 0 spiro atoms. The molecule has 0 N–H and O–H groups in total. The van der Waals surface area contributed by atoms with Gasteiger partial charge in [0.25, 0.3) is 0 Å². The zero-order valence-electron chi connectivity index (χ0n) is 22.2. The van der Waals surface area contributed by atoms with Crippen LogP contribution in [-0.4, -0.2) is 9.13 Å². The Kier molecular flexibility index (Phi) is 5.31. The van der Waals surface area contributed by atoms with E-state index in [-0.39, 0.29) is 0 Å². The lowest BCUT2D eigenvalue weighted by atomic mass is 9.96. The lowest BCUT2D eigenvalue weighted by Crippen LogP contribution is -2.01. The van der Waals surface area contributed by atoms with Gasteiger partial charge in [0.15, 0.2) is 0 Å². The number of rotatable bonds is 5. The van der Waals surface area contributed by atoms with Crippen LogP contribution in [0.1, 0.15) is 11.1 Å². The minimum atomic E-state index is 0.816. The highest BCUT2D eigenvalue weighted by Crippen LogP contribution is 2.44. The van der Waals surface area contributed by atoms with Crippen molar-refractivity contribution in [1.29, 1.82) is 0 Å². The number of para-hydroxylation sites is 2. The highest BCUT2D eigenvalue weighted by molar-refractivity contribution is 6.29. The predicted octanol–water partition coefficient (Wildman–Crippen LogP) is 9.67. The van der Waals surface area contributed by atoms with E-state index in [1.807, 2.05) is 0 Å². The Hall–Kier alpha value is -5.08. The maximum absolute atomic E-state index is 2.55. The van der Waals surface area contributed by atoms with Crippen molar-refractivity contribution in [3.8, 4) is 11.1 Å². The third-order valence-corrected chi connectivity index (χ3v) is 8.22. The molecule has 0 unspecified atom stereocenters. The molecule has 0 aliphatic rings. The summed E-state index contributed by atoms with van der Waals surface area (Å²) in [4.78, 5) is 0. The summed E-state index contributed by atoms with van der Waals surface area (Å²) < 4.78 is 5.06. The summed E-state index contributed by atoms with van der Waals surface area (Å²) in [5, 5.41) is 5.26. The lowest BCUT2D eigenvalue weighted by molar-refractivity contribution is 0.865. The van der Waals surface area contributed by atoms with Crippen LogP contribution in [0, 0.1) is 0 Å². The maximum atomic E-state index is 2.55. The van der Waals surface area contributed by atoms with Crippen molar-refractivity contribution in [1.82, 2.24) is 9.13 Å². The van der Waals surface area contributed by atoms with Crippen LogP contribution in [0.4, 0.5) is 0 Å². The molecule has 8 aromatic rings. The van der Waals surface area contributed by atoms with Crippen LogP contribution in [0.3, 0.4) is 0 Å². The van der Waals surface area contributed by atoms with Gasteiger partial charge in [0, 0.05) is 45.7 Å². The van der Waals surface area contributed by atoms with Crippen molar-refractivity contribution in [3.63, 3.8) is 0 Å². The van der Waals surface area contributed by atoms with E-state index in [4.69, 9.17) is 0 Å². The zero-order chi connectivity index (χ0) is 26.5. The van der Waals surface area contributed by atoms with E-state index < -0.39 is 0 Å². The van der Waals surface area contributed by atoms with Crippen molar-refractivity contribution < 1.29 is 0 Å². The van der Waals surface area contributed by atoms with Gasteiger partial charge in [0.1, 0.15) is 0 Å². The van der Waals surface area contributed by atoms with Gasteiger partial charge in [0.05, 0.1) is 11.0 Å². The van der Waals surface area contributed by atoms with Gasteiger partial charge in [-0.15, -0.1) is 0 Å². The molecule has 6 aromatic carbocycles. The van der Waals surface area contributed by atoms with E-state index in [0.29, 0.717) is 0 Å². The van der Waals surface area contributed by atoms with Crippen molar-refractivity contribution in [3.05, 3.63) is 157 Å². The molecule has 0 aliphatic heterocycles. The average Bonchev–Trinajstić information content (AvgIpc) is 3.51. The summed E-state index contributed by atoms with van der Waals surface area (Å²) in [7, 11) is 0. The Bertz CT molecular complexity index is 2130. The van der Waals surface area contributed by atoms with Gasteiger partial charge in [-0.25, -0.2) is 0 Å². The van der Waals surface area contributed by atoms with Crippen LogP contribution in [0.15, 0.2) is 146 Å². The molecule has 2 nitrogen and oxygen atoms in total. The highest BCUT2D eigenvalue weighted by atomic mass is 15.0. The number of fused-ring (bicyclic) bond motifs is 7. The van der Waals surface area contributed by atoms with Gasteiger partial charge in [0.2, 0.25) is 0 Å². The second kappa shape index (κ2) is 9.29. The molecular weight excluding hydrogens is 484 g/mol. The summed E-state index contributed by atoms with van der Waals surface area (Å²) in [5.74, 6) is 0. The lowest BCUT2D eigenvalue weighted by Gasteiger charge is -2.13. The molecule has 0 radical (unpaired) electrons. The van der Waals surface area contributed by atoms with Crippen LogP contribution in [-0.2, 0) is 13.1 Å². The molecule has 0 saturated heterocycles. The van der Waals surface area contributed by atoms with E-state index in [9.17, 15) is 0 Å². The van der Waals surface area contributed by atoms with Crippen molar-refractivity contribution in [2.45, 2.75) is 13.1 Å². The summed E-state index contributed by atoms with van der Waals surface area (Å²) in [6, 6.07) is 52.8. The summed E-state index contributed by atoms with van der Waals surface area (Å²) in [5.41, 5.74) is 10.2. The monoisotopic (exact) mass is 512 g/mol. The summed E-state index contributed by atoms with van der Waals surface area (Å²) in [6.45, 7) is 1.64. The van der Waals surface area contributed by atoms with Crippen LogP contribution in [0.25, 0.3) is 54.7 Å². The molecule has 0 bridgehead atoms. The first-order valence-electron chi connectivity index (χ1n) is 13.9. The topological polar surface area (TPSA) is 9.86 Å². The number of benzene rings is 6. The first-order chi connectivity index (χ1) is 19.9. The van der Waals surface area contributed by atoms with Crippen LogP contribution < -0.4 is 0 Å². The molecule has 0 saturated carbocycles. The first-order valence-corrected chi connectivity index (χ1v) is 13.9. The van der Waals surface area contributed by atoms with Crippen molar-refractivity contribution >= 4 is 43.6 Å². The predicted molar refractivity (Wildman–Crippen MR) is 169 cm³/mol. The number of hydrogen-bond donors (Lipinski definition) is 0. The first kappa shape index (κ1) is 22.9. The van der Waals surface area contributed by atoms with Crippen LogP contribution >= 0.6 is 0 Å². The Morgan fingerprint density at radius 2 is 0.875 bits per heavy atom. The average molecular weight is 513 g/mol. The van der Waals surface area contributed by atoms with Gasteiger partial charge < -0.3 is 9.13 Å². The second-order valence-electron chi connectivity index (χ2n) is 10.6. The largest absolute Gasteiger partial charge is 0.336 e. The van der Waals surface area contributed by atoms with Gasteiger partial charge in [-0.2, -0.15) is 0 Å². The van der Waals surface area contributed by atoms with E-state index in [1.54, 1.807) is 0 Å². The van der Waals surface area contributed by atoms with E-state index >= 15 is 0 Å². The Morgan fingerprint density at radius 1 is 0.400 bits per heavy atom. The quantitative estimate of drug-likeness (QED) is 0.217. The normalized spacial score (nSPS) is 11.7. The maximum Gasteiger partial charge on any atom is 0.0602 e. The van der Waals surface area contributed by atoms with Crippen molar-refractivity contribution in [2.24, 2.45) is 0 Å². The van der Waals surface area contributed by atoms with Gasteiger partial charge in [-0.05, 0) is 40.5 Å². The van der Waals surface area contributed by atoms with Crippen molar-refractivity contribution in [2.75, 3.05) is 0 Å². The highest BCUT2D eigenvalue weighted by Gasteiger charge is 2.22. The molecule has 2 heterocycles. The smallest absolute Gasteiger partial charge is 0.0602 e. The standard InChI is InChI=1S/C38H28N2/c1-4-14-27(15-5-1)25-39-33-22-12-11-21-31(33)37-35(39)24-32(29-18-8-3-9-19-29)36-30-20-10-13-23-34(30)40(38(36)37)26-28-16-6-2-7-17-28/h1-24H,25-26H2. The number of hydrogen-bond acceptors (Lipinski definition) is 0. The SMILES string of the molecule is c1ccc(Cn2c3ccccc3c3c2cc(-c2ccccc2)c2c4ccccc4n(Cc4ccccc4)c23)cc1. The molecule has 190 valence electrons. The molecule has 0 amide bonds. The van der Waals surface area contributed by atoms with E-state index in [2.05, 4.69) is 155 Å². The van der Waals surface area contributed by atoms with E-state index in [1.165, 1.54) is 65.9 Å². The molecular formula is C38H28N2. The fraction of sp³-hybridized carbons (Fsp3) is 0.0526. The third-order valence-electron chi connectivity index (χ3n) is 8.22. The second-order valence-corrected chi connectivity index (χ2v) is 10.6. The molecule has 0 aliphatic carbocycles. The Morgan fingerprint density at radius 3 is 1.50 bits per heavy atom. The summed E-state index contributed by atoms with van der Waals surface area (Å²) in [6.07, 6.45) is 0. The fourth-order valence-corrected chi connectivity index (χ4v) is 6.48. The number of aromatic nitrogens is 2. The Balaban J connectivity index is 1.57. The van der Waals surface area contributed by atoms with Gasteiger partial charge in [-0.1, -0.05) is 127 Å². The molecule has 2 heteroatoms. The molecule has 2 aromatic heterocycles. The fourth-order valence-electron chi connectivity index (χ4n) is 6.48. The van der Waals surface area contributed by atoms with Gasteiger partial charge in [-0.3, -0.25) is 0 Å². The minimum absolute atomic E-state index is 0.816. The molecule has 8 rings (SSSR count). The van der Waals surface area contributed by atoms with Gasteiger partial charge >= 0.3 is 0 Å². The zero-order valence-corrected chi connectivity index (χ0v) is 22.2. The minimum Gasteiger partial charge on any atom is -0.336 e. The van der Waals surface area contributed by atoms with Crippen LogP contribution in [0.5, 0.6) is 0 Å². The summed E-state index contributed by atoms with van der Waals surface area (Å²) >= 11 is 0. The van der Waals surface area contributed by atoms with E-state index in [0.717, 1.165) is 13.1 Å². The number of nitrogens with zero attached hydrogens (tertiary/aromatic N) is 2. The molecule has 0 atom stereocenters. The molecule has 40 heavy (non-hydrogen) atoms. The van der Waals surface area contributed by atoms with Crippen LogP contribution in [0.2, 0.25) is 0 Å². The third kappa shape index (κ3) is 3.57. The molecule has 0 fully saturated rings.